The number of aryl methyl sites for hydroxylation is 1. The Bertz CT molecular complexity index is 862. The number of amidine groups is 1. The van der Waals surface area contributed by atoms with E-state index in [1.165, 1.54) is 22.1 Å². The third-order valence-electron chi connectivity index (χ3n) is 4.52. The van der Waals surface area contributed by atoms with E-state index in [1.54, 1.807) is 24.2 Å². The number of nitrogens with two attached hydrogens (primary N) is 1. The molecule has 2 atom stereocenters. The van der Waals surface area contributed by atoms with Crippen LogP contribution in [0.4, 0.5) is 5.82 Å². The lowest BCUT2D eigenvalue weighted by Gasteiger charge is -2.41. The van der Waals surface area contributed by atoms with Gasteiger partial charge in [-0.2, -0.15) is 5.10 Å². The number of carbonyl (C=O) groups is 1. The van der Waals surface area contributed by atoms with Gasteiger partial charge in [0.25, 0.3) is 5.91 Å². The Morgan fingerprint density at radius 3 is 3.19 bits per heavy atom. The summed E-state index contributed by atoms with van der Waals surface area (Å²) in [6.07, 6.45) is 0.914. The first-order valence-electron chi connectivity index (χ1n) is 8.01. The van der Waals surface area contributed by atoms with E-state index in [4.69, 9.17) is 27.1 Å². The zero-order valence-electron chi connectivity index (χ0n) is 13.9. The van der Waals surface area contributed by atoms with E-state index in [1.807, 2.05) is 0 Å². The maximum atomic E-state index is 12.3. The topological polar surface area (TPSA) is 107 Å². The Morgan fingerprint density at radius 1 is 1.58 bits per heavy atom. The van der Waals surface area contributed by atoms with Crippen LogP contribution in [0.2, 0.25) is 5.15 Å². The molecule has 4 rings (SSSR count). The molecule has 26 heavy (non-hydrogen) atoms. The smallest absolute Gasteiger partial charge is 0.277 e. The molecule has 1 fully saturated rings. The average molecular weight is 413 g/mol. The van der Waals surface area contributed by atoms with Crippen molar-refractivity contribution in [2.45, 2.75) is 12.0 Å². The molecule has 2 unspecified atom stereocenters. The number of anilines is 1. The molecule has 11 heteroatoms. The molecule has 1 amide bonds. The van der Waals surface area contributed by atoms with Gasteiger partial charge in [0.05, 0.1) is 6.61 Å². The van der Waals surface area contributed by atoms with Crippen LogP contribution in [-0.4, -0.2) is 44.8 Å². The maximum absolute atomic E-state index is 12.3. The Morgan fingerprint density at radius 2 is 2.42 bits per heavy atom. The lowest BCUT2D eigenvalue weighted by atomic mass is 9.82. The molecule has 0 radical (unpaired) electrons. The number of nitrogens with zero attached hydrogens (tertiary/aromatic N) is 4. The van der Waals surface area contributed by atoms with Gasteiger partial charge in [0, 0.05) is 36.8 Å². The minimum atomic E-state index is -0.560. The van der Waals surface area contributed by atoms with Gasteiger partial charge in [0.2, 0.25) is 0 Å². The highest BCUT2D eigenvalue weighted by Crippen LogP contribution is 2.45. The number of carbonyl (C=O) groups excluding carboxylic acids is 1. The van der Waals surface area contributed by atoms with Crippen LogP contribution < -0.4 is 11.1 Å². The van der Waals surface area contributed by atoms with E-state index in [0.29, 0.717) is 28.7 Å². The van der Waals surface area contributed by atoms with Gasteiger partial charge in [-0.1, -0.05) is 23.4 Å². The first-order chi connectivity index (χ1) is 12.5. The van der Waals surface area contributed by atoms with Crippen LogP contribution in [0.25, 0.3) is 0 Å². The Labute approximate surface area is 163 Å². The number of thioether (sulfide) groups is 1. The van der Waals surface area contributed by atoms with Crippen LogP contribution in [0.1, 0.15) is 21.9 Å². The van der Waals surface area contributed by atoms with E-state index < -0.39 is 5.54 Å². The molecule has 1 saturated heterocycles. The summed E-state index contributed by atoms with van der Waals surface area (Å²) >= 11 is 8.96. The number of fused-ring (bicyclic) bond motifs is 1. The molecule has 0 spiro atoms. The Hall–Kier alpha value is -1.62. The van der Waals surface area contributed by atoms with Crippen molar-refractivity contribution in [3.8, 4) is 0 Å². The molecule has 2 aliphatic heterocycles. The predicted molar refractivity (Wildman–Crippen MR) is 103 cm³/mol. The molecule has 2 aromatic heterocycles. The first-order valence-corrected chi connectivity index (χ1v) is 10.2. The van der Waals surface area contributed by atoms with Crippen molar-refractivity contribution in [3.05, 3.63) is 27.3 Å². The summed E-state index contributed by atoms with van der Waals surface area (Å²) in [4.78, 5) is 21.7. The molecule has 2 aromatic rings. The zero-order chi connectivity index (χ0) is 18.3. The summed E-state index contributed by atoms with van der Waals surface area (Å²) in [7, 11) is 1.67. The van der Waals surface area contributed by atoms with Crippen LogP contribution >= 0.6 is 34.7 Å². The number of halogens is 1. The number of ether oxygens (including phenoxy) is 1. The lowest BCUT2D eigenvalue weighted by molar-refractivity contribution is 0.00448. The SMILES string of the molecule is Cn1nc(C(=O)Nc2csc(C34COCCC3CSC(N)=N4)n2)cc1Cl. The molecule has 8 nitrogen and oxygen atoms in total. The van der Waals surface area contributed by atoms with Gasteiger partial charge in [0.15, 0.2) is 10.9 Å². The lowest BCUT2D eigenvalue weighted by Crippen LogP contribution is -2.47. The van der Waals surface area contributed by atoms with Crippen molar-refractivity contribution in [2.75, 3.05) is 24.3 Å². The van der Waals surface area contributed by atoms with Crippen LogP contribution in [0.15, 0.2) is 16.4 Å². The van der Waals surface area contributed by atoms with Crippen molar-refractivity contribution in [3.63, 3.8) is 0 Å². The number of rotatable bonds is 3. The molecule has 3 N–H and O–H groups in total. The molecule has 138 valence electrons. The Kier molecular flexibility index (Phi) is 4.68. The number of aliphatic imine (C=N–C) groups is 1. The number of hydrogen-bond acceptors (Lipinski definition) is 8. The van der Waals surface area contributed by atoms with Gasteiger partial charge < -0.3 is 15.8 Å². The zero-order valence-corrected chi connectivity index (χ0v) is 16.3. The van der Waals surface area contributed by atoms with Crippen molar-refractivity contribution in [2.24, 2.45) is 23.7 Å². The maximum Gasteiger partial charge on any atom is 0.277 e. The fraction of sp³-hybridized carbons (Fsp3) is 0.467. The molecule has 0 bridgehead atoms. The highest BCUT2D eigenvalue weighted by molar-refractivity contribution is 8.13. The third-order valence-corrected chi connectivity index (χ3v) is 6.84. The van der Waals surface area contributed by atoms with E-state index in [-0.39, 0.29) is 11.6 Å². The number of aromatic nitrogens is 3. The van der Waals surface area contributed by atoms with Crippen LogP contribution in [0, 0.1) is 5.92 Å². The first kappa shape index (κ1) is 17.8. The number of hydrogen-bond donors (Lipinski definition) is 2. The molecule has 0 aliphatic carbocycles. The molecule has 0 aromatic carbocycles. The second kappa shape index (κ2) is 6.84. The van der Waals surface area contributed by atoms with Gasteiger partial charge in [-0.25, -0.2) is 9.98 Å². The second-order valence-corrected chi connectivity index (χ2v) is 8.48. The average Bonchev–Trinajstić information content (AvgIpc) is 3.22. The second-order valence-electron chi connectivity index (χ2n) is 6.19. The number of thiazole rings is 1. The summed E-state index contributed by atoms with van der Waals surface area (Å²) in [5.74, 6) is 1.31. The van der Waals surface area contributed by atoms with Gasteiger partial charge in [-0.3, -0.25) is 9.48 Å². The van der Waals surface area contributed by atoms with Crippen LogP contribution in [-0.2, 0) is 17.3 Å². The summed E-state index contributed by atoms with van der Waals surface area (Å²) in [5, 5.41) is 10.4. The van der Waals surface area contributed by atoms with Crippen LogP contribution in [0.3, 0.4) is 0 Å². The van der Waals surface area contributed by atoms with E-state index in [2.05, 4.69) is 15.4 Å². The summed E-state index contributed by atoms with van der Waals surface area (Å²) in [5.41, 5.74) is 5.66. The van der Waals surface area contributed by atoms with Crippen molar-refractivity contribution >= 4 is 51.6 Å². The number of nitrogens with one attached hydrogen (secondary N) is 1. The van der Waals surface area contributed by atoms with E-state index in [9.17, 15) is 4.79 Å². The van der Waals surface area contributed by atoms with Crippen molar-refractivity contribution in [1.29, 1.82) is 0 Å². The minimum Gasteiger partial charge on any atom is -0.379 e. The van der Waals surface area contributed by atoms with E-state index in [0.717, 1.165) is 23.8 Å². The molecule has 2 aliphatic rings. The molecule has 0 saturated carbocycles. The largest absolute Gasteiger partial charge is 0.379 e. The normalized spacial score (nSPS) is 25.5. The monoisotopic (exact) mass is 412 g/mol. The third kappa shape index (κ3) is 3.11. The van der Waals surface area contributed by atoms with Gasteiger partial charge in [0.1, 0.15) is 21.5 Å². The summed E-state index contributed by atoms with van der Waals surface area (Å²) in [6, 6.07) is 1.51. The van der Waals surface area contributed by atoms with Gasteiger partial charge >= 0.3 is 0 Å². The fourth-order valence-electron chi connectivity index (χ4n) is 3.12. The van der Waals surface area contributed by atoms with E-state index >= 15 is 0 Å². The van der Waals surface area contributed by atoms with Crippen molar-refractivity contribution < 1.29 is 9.53 Å². The van der Waals surface area contributed by atoms with Crippen molar-refractivity contribution in [1.82, 2.24) is 14.8 Å². The highest BCUT2D eigenvalue weighted by atomic mass is 35.5. The summed E-state index contributed by atoms with van der Waals surface area (Å²) in [6.45, 7) is 1.17. The fourth-order valence-corrected chi connectivity index (χ4v) is 5.26. The minimum absolute atomic E-state index is 0.237. The van der Waals surface area contributed by atoms with Crippen LogP contribution in [0.5, 0.6) is 0 Å². The summed E-state index contributed by atoms with van der Waals surface area (Å²) < 4.78 is 7.13. The molecular weight excluding hydrogens is 396 g/mol. The molecule has 4 heterocycles. The van der Waals surface area contributed by atoms with Gasteiger partial charge in [-0.15, -0.1) is 11.3 Å². The highest BCUT2D eigenvalue weighted by Gasteiger charge is 2.47. The predicted octanol–water partition coefficient (Wildman–Crippen LogP) is 2.08. The standard InChI is InChI=1S/C15H17ClN6O2S2/c1-22-10(16)4-9(21-22)12(23)18-11-6-25-13(19-11)15-7-24-3-2-8(15)5-26-14(17)20-15/h4,6,8H,2-3,5,7H2,1H3,(H2,17,20)(H,18,23). The van der Waals surface area contributed by atoms with Gasteiger partial charge in [-0.05, 0) is 6.42 Å². The Balaban J connectivity index is 1.59. The number of amides is 1. The molecular formula is C15H17ClN6O2S2. The quantitative estimate of drug-likeness (QED) is 0.799.